The number of aromatic hydroxyl groups is 1. The molecule has 7 heteroatoms. The SMILES string of the molecule is O=C(O)C(c1ccc(O)c(F)c1)N(C(=O)OCC1c2ccccc2-c2ccccc21)C1CC1. The van der Waals surface area contributed by atoms with E-state index in [1.54, 1.807) is 0 Å². The average molecular weight is 447 g/mol. The number of rotatable bonds is 6. The van der Waals surface area contributed by atoms with E-state index in [2.05, 4.69) is 0 Å². The van der Waals surface area contributed by atoms with Crippen LogP contribution in [0.4, 0.5) is 9.18 Å². The molecule has 3 aromatic rings. The van der Waals surface area contributed by atoms with Crippen molar-refractivity contribution in [2.75, 3.05) is 6.61 Å². The summed E-state index contributed by atoms with van der Waals surface area (Å²) in [6.07, 6.45) is 0.545. The molecule has 2 aliphatic rings. The summed E-state index contributed by atoms with van der Waals surface area (Å²) >= 11 is 0. The van der Waals surface area contributed by atoms with Crippen LogP contribution >= 0.6 is 0 Å². The van der Waals surface area contributed by atoms with Gasteiger partial charge < -0.3 is 14.9 Å². The summed E-state index contributed by atoms with van der Waals surface area (Å²) in [5, 5.41) is 19.4. The zero-order chi connectivity index (χ0) is 23.1. The summed E-state index contributed by atoms with van der Waals surface area (Å²) in [5.74, 6) is -2.97. The Balaban J connectivity index is 1.41. The third kappa shape index (κ3) is 3.80. The molecule has 168 valence electrons. The number of carbonyl (C=O) groups is 2. The first-order chi connectivity index (χ1) is 16.0. The summed E-state index contributed by atoms with van der Waals surface area (Å²) in [6, 6.07) is 17.5. The number of hydrogen-bond acceptors (Lipinski definition) is 4. The van der Waals surface area contributed by atoms with Gasteiger partial charge in [-0.25, -0.2) is 14.0 Å². The molecule has 5 rings (SSSR count). The van der Waals surface area contributed by atoms with Gasteiger partial charge in [-0.15, -0.1) is 0 Å². The van der Waals surface area contributed by atoms with Crippen LogP contribution in [0.3, 0.4) is 0 Å². The van der Waals surface area contributed by atoms with Gasteiger partial charge in [0, 0.05) is 12.0 Å². The fraction of sp³-hybridized carbons (Fsp3) is 0.231. The molecule has 0 saturated heterocycles. The molecule has 2 aliphatic carbocycles. The molecule has 0 bridgehead atoms. The minimum atomic E-state index is -1.41. The number of ether oxygens (including phenoxy) is 1. The number of phenols is 1. The minimum absolute atomic E-state index is 0.0619. The first-order valence-corrected chi connectivity index (χ1v) is 10.8. The van der Waals surface area contributed by atoms with Crippen molar-refractivity contribution in [1.82, 2.24) is 4.90 Å². The summed E-state index contributed by atoms with van der Waals surface area (Å²) in [7, 11) is 0. The minimum Gasteiger partial charge on any atom is -0.505 e. The third-order valence-corrected chi connectivity index (χ3v) is 6.29. The Morgan fingerprint density at radius 3 is 2.15 bits per heavy atom. The molecule has 0 aliphatic heterocycles. The van der Waals surface area contributed by atoms with Gasteiger partial charge in [-0.1, -0.05) is 54.6 Å². The van der Waals surface area contributed by atoms with Crippen LogP contribution in [0.15, 0.2) is 66.7 Å². The number of hydrogen-bond donors (Lipinski definition) is 2. The number of carbonyl (C=O) groups excluding carboxylic acids is 1. The summed E-state index contributed by atoms with van der Waals surface area (Å²) in [5.41, 5.74) is 4.37. The quantitative estimate of drug-likeness (QED) is 0.551. The molecule has 0 spiro atoms. The molecule has 1 atom stereocenters. The predicted molar refractivity (Wildman–Crippen MR) is 118 cm³/mol. The lowest BCUT2D eigenvalue weighted by Gasteiger charge is -2.29. The number of carboxylic acids is 1. The maximum atomic E-state index is 13.9. The number of phenolic OH excluding ortho intramolecular Hbond substituents is 1. The van der Waals surface area contributed by atoms with Crippen molar-refractivity contribution in [3.05, 3.63) is 89.2 Å². The van der Waals surface area contributed by atoms with Crippen LogP contribution in [0.1, 0.15) is 41.5 Å². The normalized spacial score (nSPS) is 15.4. The van der Waals surface area contributed by atoms with Crippen LogP contribution in [0, 0.1) is 5.82 Å². The standard InChI is InChI=1S/C26H22FNO5/c27-22-13-15(9-12-23(22)29)24(25(30)31)28(16-10-11-16)26(32)33-14-21-19-7-3-1-5-17(19)18-6-2-4-8-20(18)21/h1-9,12-13,16,21,24,29H,10-11,14H2,(H,30,31). The third-order valence-electron chi connectivity index (χ3n) is 6.29. The first kappa shape index (κ1) is 21.0. The van der Waals surface area contributed by atoms with Crippen molar-refractivity contribution >= 4 is 12.1 Å². The molecule has 2 N–H and O–H groups in total. The van der Waals surface area contributed by atoms with Crippen molar-refractivity contribution in [3.63, 3.8) is 0 Å². The second kappa shape index (κ2) is 8.24. The Morgan fingerprint density at radius 2 is 1.61 bits per heavy atom. The molecule has 3 aromatic carbocycles. The highest BCUT2D eigenvalue weighted by molar-refractivity contribution is 5.82. The van der Waals surface area contributed by atoms with E-state index in [0.717, 1.165) is 34.4 Å². The Labute approximate surface area is 189 Å². The lowest BCUT2D eigenvalue weighted by molar-refractivity contribution is -0.143. The van der Waals surface area contributed by atoms with Gasteiger partial charge in [0.2, 0.25) is 0 Å². The first-order valence-electron chi connectivity index (χ1n) is 10.8. The number of fused-ring (bicyclic) bond motifs is 3. The lowest BCUT2D eigenvalue weighted by atomic mass is 9.98. The van der Waals surface area contributed by atoms with Crippen LogP contribution in [-0.2, 0) is 9.53 Å². The van der Waals surface area contributed by atoms with E-state index in [1.807, 2.05) is 48.5 Å². The number of benzene rings is 3. The number of carboxylic acid groups (broad SMARTS) is 1. The highest BCUT2D eigenvalue weighted by atomic mass is 19.1. The number of aliphatic carboxylic acids is 1. The molecular formula is C26H22FNO5. The van der Waals surface area contributed by atoms with Crippen LogP contribution in [0.5, 0.6) is 5.75 Å². The summed E-state index contributed by atoms with van der Waals surface area (Å²) < 4.78 is 19.6. The van der Waals surface area contributed by atoms with Crippen LogP contribution in [0.25, 0.3) is 11.1 Å². The van der Waals surface area contributed by atoms with E-state index in [4.69, 9.17) is 4.74 Å². The number of amides is 1. The number of nitrogens with zero attached hydrogens (tertiary/aromatic N) is 1. The smallest absolute Gasteiger partial charge is 0.411 e. The average Bonchev–Trinajstić information content (AvgIpc) is 3.60. The van der Waals surface area contributed by atoms with Gasteiger partial charge in [0.1, 0.15) is 6.61 Å². The molecule has 1 amide bonds. The van der Waals surface area contributed by atoms with Crippen molar-refractivity contribution in [2.24, 2.45) is 0 Å². The molecule has 0 aromatic heterocycles. The molecule has 6 nitrogen and oxygen atoms in total. The van der Waals surface area contributed by atoms with E-state index in [1.165, 1.54) is 11.0 Å². The predicted octanol–water partition coefficient (Wildman–Crippen LogP) is 5.07. The van der Waals surface area contributed by atoms with Gasteiger partial charge >= 0.3 is 12.1 Å². The maximum Gasteiger partial charge on any atom is 0.411 e. The monoisotopic (exact) mass is 447 g/mol. The Hall–Kier alpha value is -3.87. The van der Waals surface area contributed by atoms with E-state index < -0.39 is 29.7 Å². The highest BCUT2D eigenvalue weighted by Gasteiger charge is 2.43. The van der Waals surface area contributed by atoms with Crippen LogP contribution < -0.4 is 0 Å². The van der Waals surface area contributed by atoms with Crippen molar-refractivity contribution < 1.29 is 28.9 Å². The fourth-order valence-electron chi connectivity index (χ4n) is 4.60. The van der Waals surface area contributed by atoms with Crippen LogP contribution in [-0.4, -0.2) is 39.8 Å². The molecule has 1 saturated carbocycles. The maximum absolute atomic E-state index is 13.9. The largest absolute Gasteiger partial charge is 0.505 e. The van der Waals surface area contributed by atoms with Gasteiger partial charge in [-0.2, -0.15) is 0 Å². The van der Waals surface area contributed by atoms with Gasteiger partial charge in [0.15, 0.2) is 17.6 Å². The molecule has 1 fully saturated rings. The van der Waals surface area contributed by atoms with Gasteiger partial charge in [0.25, 0.3) is 0 Å². The van der Waals surface area contributed by atoms with Crippen LogP contribution in [0.2, 0.25) is 0 Å². The highest BCUT2D eigenvalue weighted by Crippen LogP contribution is 2.45. The lowest BCUT2D eigenvalue weighted by Crippen LogP contribution is -2.41. The molecule has 33 heavy (non-hydrogen) atoms. The van der Waals surface area contributed by atoms with Crippen molar-refractivity contribution in [1.29, 1.82) is 0 Å². The molecule has 1 unspecified atom stereocenters. The molecule has 0 heterocycles. The Morgan fingerprint density at radius 1 is 1.00 bits per heavy atom. The van der Waals surface area contributed by atoms with Crippen molar-refractivity contribution in [2.45, 2.75) is 30.8 Å². The zero-order valence-electron chi connectivity index (χ0n) is 17.6. The second-order valence-corrected chi connectivity index (χ2v) is 8.39. The Kier molecular flexibility index (Phi) is 5.24. The molecule has 0 radical (unpaired) electrons. The zero-order valence-corrected chi connectivity index (χ0v) is 17.6. The van der Waals surface area contributed by atoms with E-state index in [0.29, 0.717) is 12.8 Å². The Bertz CT molecular complexity index is 1190. The van der Waals surface area contributed by atoms with E-state index in [-0.39, 0.29) is 24.1 Å². The topological polar surface area (TPSA) is 87.1 Å². The van der Waals surface area contributed by atoms with Crippen molar-refractivity contribution in [3.8, 4) is 16.9 Å². The van der Waals surface area contributed by atoms with Gasteiger partial charge in [-0.05, 0) is 52.8 Å². The second-order valence-electron chi connectivity index (χ2n) is 8.39. The van der Waals surface area contributed by atoms with Gasteiger partial charge in [-0.3, -0.25) is 4.90 Å². The van der Waals surface area contributed by atoms with E-state index in [9.17, 15) is 24.2 Å². The summed E-state index contributed by atoms with van der Waals surface area (Å²) in [4.78, 5) is 26.5. The molecular weight excluding hydrogens is 425 g/mol. The fourth-order valence-corrected chi connectivity index (χ4v) is 4.60. The van der Waals surface area contributed by atoms with E-state index >= 15 is 0 Å². The summed E-state index contributed by atoms with van der Waals surface area (Å²) in [6.45, 7) is 0.0619. The van der Waals surface area contributed by atoms with Gasteiger partial charge in [0.05, 0.1) is 0 Å². The number of halogens is 1.